The SMILES string of the molecule is COc1ccc(C2C(C)N=C3NC=CCC32)cc1OC. The molecule has 0 saturated heterocycles. The number of nitrogens with one attached hydrogen (secondary N) is 1. The fourth-order valence-electron chi connectivity index (χ4n) is 3.23. The van der Waals surface area contributed by atoms with E-state index in [0.717, 1.165) is 23.8 Å². The third kappa shape index (κ3) is 2.05. The number of aliphatic imine (C=N–C) groups is 1. The van der Waals surface area contributed by atoms with Crippen LogP contribution in [0.4, 0.5) is 0 Å². The number of hydrogen-bond donors (Lipinski definition) is 1. The summed E-state index contributed by atoms with van der Waals surface area (Å²) in [5, 5.41) is 3.28. The summed E-state index contributed by atoms with van der Waals surface area (Å²) in [5.74, 6) is 3.49. The molecule has 20 heavy (non-hydrogen) atoms. The van der Waals surface area contributed by atoms with Crippen molar-refractivity contribution in [3.8, 4) is 11.5 Å². The van der Waals surface area contributed by atoms with Crippen LogP contribution in [0.2, 0.25) is 0 Å². The Hall–Kier alpha value is -1.97. The first-order valence-electron chi connectivity index (χ1n) is 6.95. The third-order valence-corrected chi connectivity index (χ3v) is 4.18. The number of amidine groups is 1. The Labute approximate surface area is 119 Å². The number of ether oxygens (including phenoxy) is 2. The highest BCUT2D eigenvalue weighted by molar-refractivity contribution is 5.89. The zero-order valence-electron chi connectivity index (χ0n) is 12.1. The van der Waals surface area contributed by atoms with Gasteiger partial charge >= 0.3 is 0 Å². The van der Waals surface area contributed by atoms with Gasteiger partial charge in [-0.25, -0.2) is 0 Å². The van der Waals surface area contributed by atoms with Gasteiger partial charge in [-0.15, -0.1) is 0 Å². The Balaban J connectivity index is 1.95. The normalized spacial score (nSPS) is 27.6. The Kier molecular flexibility index (Phi) is 3.38. The molecule has 3 atom stereocenters. The lowest BCUT2D eigenvalue weighted by atomic mass is 9.80. The maximum atomic E-state index is 5.42. The lowest BCUT2D eigenvalue weighted by molar-refractivity contribution is 0.353. The Morgan fingerprint density at radius 1 is 1.20 bits per heavy atom. The van der Waals surface area contributed by atoms with Gasteiger partial charge in [-0.3, -0.25) is 4.99 Å². The van der Waals surface area contributed by atoms with E-state index in [1.807, 2.05) is 12.3 Å². The molecule has 0 aromatic heterocycles. The van der Waals surface area contributed by atoms with Gasteiger partial charge in [0.05, 0.1) is 20.3 Å². The van der Waals surface area contributed by atoms with Crippen LogP contribution < -0.4 is 14.8 Å². The smallest absolute Gasteiger partial charge is 0.160 e. The van der Waals surface area contributed by atoms with E-state index in [2.05, 4.69) is 30.4 Å². The van der Waals surface area contributed by atoms with E-state index in [4.69, 9.17) is 14.5 Å². The number of methoxy groups -OCH3 is 2. The van der Waals surface area contributed by atoms with E-state index in [1.54, 1.807) is 14.2 Å². The summed E-state index contributed by atoms with van der Waals surface area (Å²) in [5.41, 5.74) is 1.26. The van der Waals surface area contributed by atoms with Crippen molar-refractivity contribution in [2.45, 2.75) is 25.3 Å². The van der Waals surface area contributed by atoms with Crippen LogP contribution in [0.15, 0.2) is 35.5 Å². The zero-order valence-corrected chi connectivity index (χ0v) is 12.1. The highest BCUT2D eigenvalue weighted by atomic mass is 16.5. The summed E-state index contributed by atoms with van der Waals surface area (Å²) in [6.45, 7) is 2.17. The first-order chi connectivity index (χ1) is 9.74. The molecule has 2 aliphatic heterocycles. The van der Waals surface area contributed by atoms with E-state index >= 15 is 0 Å². The molecule has 3 unspecified atom stereocenters. The zero-order chi connectivity index (χ0) is 14.1. The number of hydrogen-bond acceptors (Lipinski definition) is 4. The van der Waals surface area contributed by atoms with Gasteiger partial charge in [0.25, 0.3) is 0 Å². The van der Waals surface area contributed by atoms with E-state index in [9.17, 15) is 0 Å². The Bertz CT molecular complexity index is 566. The van der Waals surface area contributed by atoms with Crippen molar-refractivity contribution in [1.82, 2.24) is 5.32 Å². The van der Waals surface area contributed by atoms with Crippen LogP contribution in [-0.4, -0.2) is 26.1 Å². The van der Waals surface area contributed by atoms with E-state index in [-0.39, 0.29) is 6.04 Å². The minimum atomic E-state index is 0.278. The highest BCUT2D eigenvalue weighted by Crippen LogP contribution is 2.41. The maximum Gasteiger partial charge on any atom is 0.160 e. The van der Waals surface area contributed by atoms with Crippen LogP contribution in [0.5, 0.6) is 11.5 Å². The highest BCUT2D eigenvalue weighted by Gasteiger charge is 2.38. The van der Waals surface area contributed by atoms with Crippen LogP contribution >= 0.6 is 0 Å². The molecule has 3 rings (SSSR count). The summed E-state index contributed by atoms with van der Waals surface area (Å²) in [6, 6.07) is 6.46. The van der Waals surface area contributed by atoms with Crippen molar-refractivity contribution in [1.29, 1.82) is 0 Å². The molecule has 0 radical (unpaired) electrons. The van der Waals surface area contributed by atoms with E-state index in [1.165, 1.54) is 5.56 Å². The van der Waals surface area contributed by atoms with Gasteiger partial charge in [0, 0.05) is 11.8 Å². The van der Waals surface area contributed by atoms with Crippen molar-refractivity contribution in [3.05, 3.63) is 36.0 Å². The molecule has 4 nitrogen and oxygen atoms in total. The molecule has 4 heteroatoms. The Morgan fingerprint density at radius 2 is 2.00 bits per heavy atom. The van der Waals surface area contributed by atoms with Crippen LogP contribution in [0, 0.1) is 5.92 Å². The molecule has 2 heterocycles. The monoisotopic (exact) mass is 272 g/mol. The maximum absolute atomic E-state index is 5.42. The topological polar surface area (TPSA) is 42.8 Å². The number of allylic oxidation sites excluding steroid dienone is 1. The molecule has 0 spiro atoms. The van der Waals surface area contributed by atoms with Gasteiger partial charge in [-0.1, -0.05) is 12.1 Å². The van der Waals surface area contributed by atoms with Gasteiger partial charge in [0.15, 0.2) is 11.5 Å². The van der Waals surface area contributed by atoms with Crippen LogP contribution in [0.25, 0.3) is 0 Å². The average molecular weight is 272 g/mol. The summed E-state index contributed by atoms with van der Waals surface area (Å²) in [7, 11) is 3.33. The molecule has 0 aliphatic carbocycles. The molecule has 2 aliphatic rings. The van der Waals surface area contributed by atoms with E-state index < -0.39 is 0 Å². The van der Waals surface area contributed by atoms with Gasteiger partial charge < -0.3 is 14.8 Å². The molecule has 0 amide bonds. The number of fused-ring (bicyclic) bond motifs is 1. The summed E-state index contributed by atoms with van der Waals surface area (Å²) in [4.78, 5) is 4.75. The average Bonchev–Trinajstić information content (AvgIpc) is 2.82. The first kappa shape index (κ1) is 13.0. The molecule has 0 fully saturated rings. The van der Waals surface area contributed by atoms with Gasteiger partial charge in [0.1, 0.15) is 5.84 Å². The van der Waals surface area contributed by atoms with Crippen LogP contribution in [0.1, 0.15) is 24.8 Å². The van der Waals surface area contributed by atoms with Gasteiger partial charge in [-0.2, -0.15) is 0 Å². The summed E-state index contributed by atoms with van der Waals surface area (Å²) < 4.78 is 10.7. The molecule has 106 valence electrons. The van der Waals surface area contributed by atoms with Crippen LogP contribution in [0.3, 0.4) is 0 Å². The predicted molar refractivity (Wildman–Crippen MR) is 79.6 cm³/mol. The van der Waals surface area contributed by atoms with E-state index in [0.29, 0.717) is 11.8 Å². The third-order valence-electron chi connectivity index (χ3n) is 4.18. The van der Waals surface area contributed by atoms with Crippen molar-refractivity contribution >= 4 is 5.84 Å². The van der Waals surface area contributed by atoms with Crippen molar-refractivity contribution in [3.63, 3.8) is 0 Å². The van der Waals surface area contributed by atoms with Crippen molar-refractivity contribution in [2.75, 3.05) is 14.2 Å². The molecule has 0 bridgehead atoms. The fourth-order valence-corrected chi connectivity index (χ4v) is 3.23. The van der Waals surface area contributed by atoms with Gasteiger partial charge in [0.2, 0.25) is 0 Å². The predicted octanol–water partition coefficient (Wildman–Crippen LogP) is 2.71. The Morgan fingerprint density at radius 3 is 2.75 bits per heavy atom. The second-order valence-electron chi connectivity index (χ2n) is 5.28. The second kappa shape index (κ2) is 5.19. The fraction of sp³-hybridized carbons (Fsp3) is 0.438. The molecule has 1 aromatic carbocycles. The minimum absolute atomic E-state index is 0.278. The molecular formula is C16H20N2O2. The lowest BCUT2D eigenvalue weighted by Crippen LogP contribution is -2.30. The summed E-state index contributed by atoms with van der Waals surface area (Å²) in [6.07, 6.45) is 5.20. The number of benzene rings is 1. The number of nitrogens with zero attached hydrogens (tertiary/aromatic N) is 1. The van der Waals surface area contributed by atoms with Crippen molar-refractivity contribution in [2.24, 2.45) is 10.9 Å². The van der Waals surface area contributed by atoms with Crippen molar-refractivity contribution < 1.29 is 9.47 Å². The molecule has 0 saturated carbocycles. The summed E-state index contributed by atoms with van der Waals surface area (Å²) >= 11 is 0. The lowest BCUT2D eigenvalue weighted by Gasteiger charge is -2.25. The van der Waals surface area contributed by atoms with Crippen LogP contribution in [-0.2, 0) is 0 Å². The first-order valence-corrected chi connectivity index (χ1v) is 6.95. The standard InChI is InChI=1S/C16H20N2O2/c1-10-15(12-5-4-8-17-16(12)18-10)11-6-7-13(19-2)14(9-11)20-3/h4,6-10,12,15H,5H2,1-3H3,(H,17,18). The molecule has 1 N–H and O–H groups in total. The minimum Gasteiger partial charge on any atom is -0.493 e. The van der Waals surface area contributed by atoms with Gasteiger partial charge in [-0.05, 0) is 37.2 Å². The largest absolute Gasteiger partial charge is 0.493 e. The second-order valence-corrected chi connectivity index (χ2v) is 5.28. The quantitative estimate of drug-likeness (QED) is 0.920. The molecular weight excluding hydrogens is 252 g/mol. The molecule has 1 aromatic rings. The number of rotatable bonds is 3.